The number of nitrogens with one attached hydrogen (secondary N) is 1. The van der Waals surface area contributed by atoms with E-state index in [9.17, 15) is 0 Å². The highest BCUT2D eigenvalue weighted by Crippen LogP contribution is 2.28. The van der Waals surface area contributed by atoms with Crippen LogP contribution in [0.15, 0.2) is 0 Å². The van der Waals surface area contributed by atoms with Crippen molar-refractivity contribution in [3.05, 3.63) is 0 Å². The van der Waals surface area contributed by atoms with Crippen molar-refractivity contribution in [2.24, 2.45) is 5.84 Å². The predicted octanol–water partition coefficient (Wildman–Crippen LogP) is 0.812. The normalized spacial score (nSPS) is 29.8. The number of hydrogen-bond donors (Lipinski definition) is 2. The van der Waals surface area contributed by atoms with Crippen LogP contribution >= 0.6 is 0 Å². The van der Waals surface area contributed by atoms with Gasteiger partial charge in [0.25, 0.3) is 0 Å². The van der Waals surface area contributed by atoms with Gasteiger partial charge < -0.3 is 9.47 Å². The van der Waals surface area contributed by atoms with Crippen LogP contribution in [-0.2, 0) is 9.47 Å². The first-order valence-electron chi connectivity index (χ1n) is 5.30. The molecule has 0 spiro atoms. The van der Waals surface area contributed by atoms with E-state index >= 15 is 0 Å². The van der Waals surface area contributed by atoms with Gasteiger partial charge in [0, 0.05) is 6.61 Å². The van der Waals surface area contributed by atoms with Gasteiger partial charge in [-0.15, -0.1) is 0 Å². The fourth-order valence-electron chi connectivity index (χ4n) is 1.76. The van der Waals surface area contributed by atoms with Crippen LogP contribution in [0.4, 0.5) is 0 Å². The molecule has 84 valence electrons. The molecule has 1 saturated heterocycles. The predicted molar refractivity (Wildman–Crippen MR) is 55.8 cm³/mol. The summed E-state index contributed by atoms with van der Waals surface area (Å²) in [6.07, 6.45) is 2.38. The van der Waals surface area contributed by atoms with Crippen LogP contribution in [0.25, 0.3) is 0 Å². The van der Waals surface area contributed by atoms with E-state index in [1.54, 1.807) is 0 Å². The number of rotatable bonds is 5. The van der Waals surface area contributed by atoms with Crippen molar-refractivity contribution >= 4 is 0 Å². The van der Waals surface area contributed by atoms with Crippen molar-refractivity contribution in [1.82, 2.24) is 5.43 Å². The Balaban J connectivity index is 2.43. The molecule has 1 fully saturated rings. The van der Waals surface area contributed by atoms with E-state index in [2.05, 4.69) is 12.3 Å². The second-order valence-electron chi connectivity index (χ2n) is 4.37. The van der Waals surface area contributed by atoms with Gasteiger partial charge in [0.15, 0.2) is 0 Å². The number of hydrazine groups is 1. The molecule has 14 heavy (non-hydrogen) atoms. The molecule has 0 aromatic heterocycles. The molecule has 0 aromatic rings. The van der Waals surface area contributed by atoms with Crippen LogP contribution in [0, 0.1) is 0 Å². The number of ether oxygens (including phenoxy) is 2. The van der Waals surface area contributed by atoms with Gasteiger partial charge >= 0.3 is 0 Å². The van der Waals surface area contributed by atoms with Crippen molar-refractivity contribution < 1.29 is 9.47 Å². The fourth-order valence-corrected chi connectivity index (χ4v) is 1.76. The zero-order valence-corrected chi connectivity index (χ0v) is 9.38. The SMILES string of the molecule is CC(C)OCC(NN)C1(C)CCCO1. The van der Waals surface area contributed by atoms with Gasteiger partial charge in [0.05, 0.1) is 24.4 Å². The van der Waals surface area contributed by atoms with E-state index in [4.69, 9.17) is 15.3 Å². The molecule has 0 bridgehead atoms. The average molecular weight is 202 g/mol. The Labute approximate surface area is 86.1 Å². The van der Waals surface area contributed by atoms with Gasteiger partial charge in [-0.2, -0.15) is 0 Å². The molecule has 2 atom stereocenters. The summed E-state index contributed by atoms with van der Waals surface area (Å²) >= 11 is 0. The lowest BCUT2D eigenvalue weighted by molar-refractivity contribution is -0.0488. The summed E-state index contributed by atoms with van der Waals surface area (Å²) in [5.41, 5.74) is 2.63. The molecule has 4 nitrogen and oxygen atoms in total. The summed E-state index contributed by atoms with van der Waals surface area (Å²) in [6, 6.07) is 0.0763. The van der Waals surface area contributed by atoms with E-state index in [0.717, 1.165) is 19.4 Å². The van der Waals surface area contributed by atoms with Crippen molar-refractivity contribution in [3.8, 4) is 0 Å². The zero-order chi connectivity index (χ0) is 10.6. The van der Waals surface area contributed by atoms with Crippen molar-refractivity contribution in [2.75, 3.05) is 13.2 Å². The maximum Gasteiger partial charge on any atom is 0.0843 e. The molecule has 0 amide bonds. The van der Waals surface area contributed by atoms with Crippen molar-refractivity contribution in [1.29, 1.82) is 0 Å². The summed E-state index contributed by atoms with van der Waals surface area (Å²) in [4.78, 5) is 0. The Kier molecular flexibility index (Phi) is 4.31. The number of hydrogen-bond acceptors (Lipinski definition) is 4. The first-order chi connectivity index (χ1) is 6.58. The molecule has 3 N–H and O–H groups in total. The first kappa shape index (κ1) is 11.9. The van der Waals surface area contributed by atoms with Gasteiger partial charge in [-0.25, -0.2) is 0 Å². The van der Waals surface area contributed by atoms with Crippen molar-refractivity contribution in [3.63, 3.8) is 0 Å². The minimum Gasteiger partial charge on any atom is -0.377 e. The number of nitrogens with two attached hydrogens (primary N) is 1. The topological polar surface area (TPSA) is 56.5 Å². The molecule has 4 heteroatoms. The smallest absolute Gasteiger partial charge is 0.0843 e. The Morgan fingerprint density at radius 3 is 2.71 bits per heavy atom. The Morgan fingerprint density at radius 1 is 1.57 bits per heavy atom. The third-order valence-electron chi connectivity index (χ3n) is 2.78. The van der Waals surface area contributed by atoms with Gasteiger partial charge in [-0.05, 0) is 33.6 Å². The molecular formula is C10H22N2O2. The highest BCUT2D eigenvalue weighted by atomic mass is 16.5. The van der Waals surface area contributed by atoms with Crippen LogP contribution in [-0.4, -0.2) is 31.0 Å². The molecule has 0 aliphatic carbocycles. The lowest BCUT2D eigenvalue weighted by Gasteiger charge is -2.33. The second-order valence-corrected chi connectivity index (χ2v) is 4.37. The molecule has 1 rings (SSSR count). The van der Waals surface area contributed by atoms with Crippen molar-refractivity contribution in [2.45, 2.75) is 51.4 Å². The van der Waals surface area contributed by atoms with Crippen LogP contribution in [0.3, 0.4) is 0 Å². The summed E-state index contributed by atoms with van der Waals surface area (Å²) < 4.78 is 11.3. The summed E-state index contributed by atoms with van der Waals surface area (Å²) in [6.45, 7) is 7.56. The highest BCUT2D eigenvalue weighted by molar-refractivity contribution is 4.91. The largest absolute Gasteiger partial charge is 0.377 e. The van der Waals surface area contributed by atoms with E-state index in [-0.39, 0.29) is 17.7 Å². The Bertz CT molecular complexity index is 168. The lowest BCUT2D eigenvalue weighted by atomic mass is 9.94. The molecule has 0 aromatic carbocycles. The van der Waals surface area contributed by atoms with E-state index in [0.29, 0.717) is 6.61 Å². The van der Waals surface area contributed by atoms with Gasteiger partial charge in [-0.3, -0.25) is 11.3 Å². The standard InChI is InChI=1S/C10H22N2O2/c1-8(2)13-7-9(12-11)10(3)5-4-6-14-10/h8-9,12H,4-7,11H2,1-3H3. The van der Waals surface area contributed by atoms with Crippen LogP contribution < -0.4 is 11.3 Å². The van der Waals surface area contributed by atoms with Gasteiger partial charge in [-0.1, -0.05) is 0 Å². The summed E-state index contributed by atoms with van der Waals surface area (Å²) in [5.74, 6) is 5.51. The quantitative estimate of drug-likeness (QED) is 0.512. The van der Waals surface area contributed by atoms with Gasteiger partial charge in [0.2, 0.25) is 0 Å². The Morgan fingerprint density at radius 2 is 2.29 bits per heavy atom. The van der Waals surface area contributed by atoms with Crippen LogP contribution in [0.2, 0.25) is 0 Å². The molecular weight excluding hydrogens is 180 g/mol. The third kappa shape index (κ3) is 2.92. The monoisotopic (exact) mass is 202 g/mol. The maximum absolute atomic E-state index is 5.70. The third-order valence-corrected chi connectivity index (χ3v) is 2.78. The zero-order valence-electron chi connectivity index (χ0n) is 9.38. The van der Waals surface area contributed by atoms with Crippen LogP contribution in [0.1, 0.15) is 33.6 Å². The molecule has 0 radical (unpaired) electrons. The fraction of sp³-hybridized carbons (Fsp3) is 1.00. The second kappa shape index (κ2) is 5.07. The van der Waals surface area contributed by atoms with E-state index in [1.165, 1.54) is 0 Å². The molecule has 1 aliphatic rings. The van der Waals surface area contributed by atoms with Gasteiger partial charge in [0.1, 0.15) is 0 Å². The molecule has 1 aliphatic heterocycles. The first-order valence-corrected chi connectivity index (χ1v) is 5.30. The van der Waals surface area contributed by atoms with E-state index in [1.807, 2.05) is 13.8 Å². The summed E-state index contributed by atoms with van der Waals surface area (Å²) in [7, 11) is 0. The molecule has 2 unspecified atom stereocenters. The van der Waals surface area contributed by atoms with E-state index < -0.39 is 0 Å². The minimum absolute atomic E-state index is 0.0763. The summed E-state index contributed by atoms with van der Waals surface area (Å²) in [5, 5.41) is 0. The maximum atomic E-state index is 5.70. The van der Waals surface area contributed by atoms with Crippen LogP contribution in [0.5, 0.6) is 0 Å². The average Bonchev–Trinajstić information content (AvgIpc) is 2.53. The molecule has 1 heterocycles. The highest BCUT2D eigenvalue weighted by Gasteiger charge is 2.38. The lowest BCUT2D eigenvalue weighted by Crippen LogP contribution is -2.54. The minimum atomic E-state index is -0.163. The molecule has 0 saturated carbocycles. The Hall–Kier alpha value is -0.160.